The molecule has 2 aliphatic rings. The number of aryl methyl sites for hydroxylation is 1. The van der Waals surface area contributed by atoms with Crippen molar-refractivity contribution in [3.8, 4) is 0 Å². The molecule has 8 heteroatoms. The maximum absolute atomic E-state index is 12.3. The van der Waals surface area contributed by atoms with Crippen molar-refractivity contribution in [2.45, 2.75) is 51.7 Å². The second kappa shape index (κ2) is 11.1. The maximum Gasteiger partial charge on any atom is 0.248 e. The predicted molar refractivity (Wildman–Crippen MR) is 124 cm³/mol. The van der Waals surface area contributed by atoms with Crippen LogP contribution in [0.15, 0.2) is 35.1 Å². The summed E-state index contributed by atoms with van der Waals surface area (Å²) in [5, 5.41) is 19.2. The third-order valence-corrected chi connectivity index (χ3v) is 5.37. The lowest BCUT2D eigenvalue weighted by atomic mass is 9.93. The minimum Gasteiger partial charge on any atom is -0.390 e. The van der Waals surface area contributed by atoms with Gasteiger partial charge in [-0.15, -0.1) is 0 Å². The Hall–Kier alpha value is -2.71. The number of anilines is 1. The Kier molecular flexibility index (Phi) is 8.76. The van der Waals surface area contributed by atoms with Crippen molar-refractivity contribution in [3.63, 3.8) is 0 Å². The molecular formula is C23H35N5O3. The van der Waals surface area contributed by atoms with Crippen LogP contribution in [0.25, 0.3) is 0 Å². The third kappa shape index (κ3) is 6.90. The topological polar surface area (TPSA) is 106 Å². The Morgan fingerprint density at radius 3 is 2.52 bits per heavy atom. The number of aliphatic hydroxyl groups is 1. The average Bonchev–Trinajstić information content (AvgIpc) is 2.87. The van der Waals surface area contributed by atoms with E-state index < -0.39 is 5.60 Å². The van der Waals surface area contributed by atoms with Gasteiger partial charge in [0.2, 0.25) is 5.91 Å². The van der Waals surface area contributed by atoms with Crippen LogP contribution in [0.1, 0.15) is 49.0 Å². The van der Waals surface area contributed by atoms with Gasteiger partial charge in [0.15, 0.2) is 0 Å². The lowest BCUT2D eigenvalue weighted by Crippen LogP contribution is -2.52. The van der Waals surface area contributed by atoms with Gasteiger partial charge in [-0.05, 0) is 71.0 Å². The molecular weight excluding hydrogens is 394 g/mol. The molecule has 8 nitrogen and oxygen atoms in total. The van der Waals surface area contributed by atoms with Crippen LogP contribution in [0.5, 0.6) is 0 Å². The SMILES string of the molecule is CCC1NC(=O)C=C(Nc2ccc(C=O)c(C)c2)N=C1N1CCC(C)(O)CC1.CNC. The van der Waals surface area contributed by atoms with Crippen LogP contribution in [-0.2, 0) is 4.79 Å². The van der Waals surface area contributed by atoms with Crippen molar-refractivity contribution in [1.29, 1.82) is 0 Å². The fraction of sp³-hybridized carbons (Fsp3) is 0.522. The number of amidine groups is 1. The van der Waals surface area contributed by atoms with Gasteiger partial charge in [-0.1, -0.05) is 6.92 Å². The average molecular weight is 430 g/mol. The molecule has 1 saturated heterocycles. The van der Waals surface area contributed by atoms with Gasteiger partial charge in [0.25, 0.3) is 0 Å². The van der Waals surface area contributed by atoms with Crippen LogP contribution >= 0.6 is 0 Å². The first-order valence-electron chi connectivity index (χ1n) is 10.7. The number of hydrogen-bond donors (Lipinski definition) is 4. The standard InChI is InChI=1S/C21H28N4O3.C2H7N/c1-4-17-20(25-9-7-21(3,28)8-10-25)24-18(12-19(27)23-17)22-16-6-5-15(13-26)14(2)11-16;1-3-2/h5-6,11-13,17,22,28H,4,7-10H2,1-3H3,(H,23,27);3H,1-2H3. The molecule has 4 N–H and O–H groups in total. The van der Waals surface area contributed by atoms with E-state index in [2.05, 4.69) is 20.9 Å². The minimum absolute atomic E-state index is 0.176. The second-order valence-corrected chi connectivity index (χ2v) is 8.27. The van der Waals surface area contributed by atoms with E-state index in [0.717, 1.165) is 29.8 Å². The Morgan fingerprint density at radius 2 is 1.97 bits per heavy atom. The molecule has 2 aliphatic heterocycles. The van der Waals surface area contributed by atoms with Gasteiger partial charge in [-0.2, -0.15) is 0 Å². The molecule has 1 aromatic carbocycles. The fourth-order valence-corrected chi connectivity index (χ4v) is 3.53. The summed E-state index contributed by atoms with van der Waals surface area (Å²) < 4.78 is 0. The molecule has 0 spiro atoms. The van der Waals surface area contributed by atoms with E-state index in [1.807, 2.05) is 40.9 Å². The summed E-state index contributed by atoms with van der Waals surface area (Å²) in [5.74, 6) is 1.07. The van der Waals surface area contributed by atoms with Gasteiger partial charge in [0.05, 0.1) is 11.6 Å². The molecule has 2 heterocycles. The predicted octanol–water partition coefficient (Wildman–Crippen LogP) is 2.05. The summed E-state index contributed by atoms with van der Waals surface area (Å²) in [6, 6.07) is 5.22. The third-order valence-electron chi connectivity index (χ3n) is 5.37. The number of aldehydes is 1. The molecule has 170 valence electrons. The summed E-state index contributed by atoms with van der Waals surface area (Å²) in [7, 11) is 3.75. The van der Waals surface area contributed by atoms with Gasteiger partial charge in [-0.3, -0.25) is 9.59 Å². The minimum atomic E-state index is -0.651. The number of amides is 1. The van der Waals surface area contributed by atoms with Crippen molar-refractivity contribution >= 4 is 23.7 Å². The molecule has 0 saturated carbocycles. The van der Waals surface area contributed by atoms with Crippen molar-refractivity contribution in [2.24, 2.45) is 4.99 Å². The summed E-state index contributed by atoms with van der Waals surface area (Å²) in [6.45, 7) is 7.12. The van der Waals surface area contributed by atoms with Gasteiger partial charge in [0, 0.05) is 30.4 Å². The molecule has 0 radical (unpaired) electrons. The van der Waals surface area contributed by atoms with Crippen LogP contribution in [0.3, 0.4) is 0 Å². The monoisotopic (exact) mass is 429 g/mol. The number of likely N-dealkylation sites (tertiary alicyclic amines) is 1. The first kappa shape index (κ1) is 24.6. The molecule has 31 heavy (non-hydrogen) atoms. The van der Waals surface area contributed by atoms with Crippen molar-refractivity contribution in [1.82, 2.24) is 15.5 Å². The molecule has 1 unspecified atom stereocenters. The first-order valence-corrected chi connectivity index (χ1v) is 10.7. The highest BCUT2D eigenvalue weighted by molar-refractivity contribution is 5.98. The summed E-state index contributed by atoms with van der Waals surface area (Å²) in [4.78, 5) is 30.3. The second-order valence-electron chi connectivity index (χ2n) is 8.27. The van der Waals surface area contributed by atoms with E-state index in [4.69, 9.17) is 4.99 Å². The normalized spacial score (nSPS) is 20.4. The lowest BCUT2D eigenvalue weighted by molar-refractivity contribution is -0.116. The van der Waals surface area contributed by atoms with E-state index in [9.17, 15) is 14.7 Å². The van der Waals surface area contributed by atoms with Gasteiger partial charge in [-0.25, -0.2) is 4.99 Å². The van der Waals surface area contributed by atoms with E-state index in [1.54, 1.807) is 12.1 Å². The molecule has 3 rings (SSSR count). The summed E-state index contributed by atoms with van der Waals surface area (Å²) in [6.07, 6.45) is 4.33. The number of benzene rings is 1. The number of rotatable bonds is 4. The zero-order chi connectivity index (χ0) is 23.0. The molecule has 1 atom stereocenters. The number of carbonyl (C=O) groups is 2. The molecule has 0 aromatic heterocycles. The highest BCUT2D eigenvalue weighted by Gasteiger charge is 2.32. The molecule has 1 aromatic rings. The van der Waals surface area contributed by atoms with Crippen LogP contribution in [0.4, 0.5) is 5.69 Å². The van der Waals surface area contributed by atoms with E-state index in [0.29, 0.717) is 37.3 Å². The number of aliphatic imine (C=N–C) groups is 1. The fourth-order valence-electron chi connectivity index (χ4n) is 3.53. The zero-order valence-electron chi connectivity index (χ0n) is 19.2. The largest absolute Gasteiger partial charge is 0.390 e. The number of nitrogens with zero attached hydrogens (tertiary/aromatic N) is 2. The van der Waals surface area contributed by atoms with Crippen molar-refractivity contribution in [3.05, 3.63) is 41.2 Å². The number of carbonyl (C=O) groups excluding carboxylic acids is 2. The zero-order valence-corrected chi connectivity index (χ0v) is 19.2. The Bertz CT molecular complexity index is 838. The molecule has 1 amide bonds. The molecule has 1 fully saturated rings. The summed E-state index contributed by atoms with van der Waals surface area (Å²) >= 11 is 0. The van der Waals surface area contributed by atoms with Crippen molar-refractivity contribution < 1.29 is 14.7 Å². The molecule has 0 bridgehead atoms. The maximum atomic E-state index is 12.3. The van der Waals surface area contributed by atoms with E-state index in [1.165, 1.54) is 6.08 Å². The smallest absolute Gasteiger partial charge is 0.248 e. The van der Waals surface area contributed by atoms with Crippen LogP contribution in [-0.4, -0.2) is 66.9 Å². The van der Waals surface area contributed by atoms with Crippen molar-refractivity contribution in [2.75, 3.05) is 32.5 Å². The number of nitrogens with one attached hydrogen (secondary N) is 3. The lowest BCUT2D eigenvalue weighted by Gasteiger charge is -2.39. The van der Waals surface area contributed by atoms with E-state index >= 15 is 0 Å². The Labute approximate surface area is 184 Å². The summed E-state index contributed by atoms with van der Waals surface area (Å²) in [5.41, 5.74) is 1.60. The highest BCUT2D eigenvalue weighted by Crippen LogP contribution is 2.24. The quantitative estimate of drug-likeness (QED) is 0.546. The Morgan fingerprint density at radius 1 is 1.32 bits per heavy atom. The number of hydrogen-bond acceptors (Lipinski definition) is 7. The van der Waals surface area contributed by atoms with Gasteiger partial charge < -0.3 is 26.0 Å². The van der Waals surface area contributed by atoms with Crippen LogP contribution in [0.2, 0.25) is 0 Å². The Balaban J connectivity index is 0.00000107. The van der Waals surface area contributed by atoms with Gasteiger partial charge >= 0.3 is 0 Å². The first-order chi connectivity index (χ1) is 14.7. The van der Waals surface area contributed by atoms with E-state index in [-0.39, 0.29) is 11.9 Å². The van der Waals surface area contributed by atoms with Crippen LogP contribution in [0, 0.1) is 6.92 Å². The van der Waals surface area contributed by atoms with Gasteiger partial charge in [0.1, 0.15) is 17.9 Å². The number of piperidine rings is 1. The molecule has 0 aliphatic carbocycles. The highest BCUT2D eigenvalue weighted by atomic mass is 16.3. The van der Waals surface area contributed by atoms with Crippen LogP contribution < -0.4 is 16.0 Å².